The lowest BCUT2D eigenvalue weighted by atomic mass is 10.1. The lowest BCUT2D eigenvalue weighted by Crippen LogP contribution is -2.40. The topological polar surface area (TPSA) is 121 Å². The number of carboxylic acid groups (broad SMARTS) is 1. The molecule has 0 radical (unpaired) electrons. The Morgan fingerprint density at radius 2 is 2.10 bits per heavy atom. The Labute approximate surface area is 123 Å². The van der Waals surface area contributed by atoms with Crippen molar-refractivity contribution >= 4 is 29.2 Å². The van der Waals surface area contributed by atoms with E-state index in [0.29, 0.717) is 0 Å². The summed E-state index contributed by atoms with van der Waals surface area (Å²) in [6.07, 6.45) is -1.01. The number of nitro groups is 1. The summed E-state index contributed by atoms with van der Waals surface area (Å²) in [5.74, 6) is -1.93. The van der Waals surface area contributed by atoms with Gasteiger partial charge in [-0.1, -0.05) is 11.6 Å². The van der Waals surface area contributed by atoms with Crippen molar-refractivity contribution in [2.24, 2.45) is 0 Å². The minimum atomic E-state index is -1.23. The van der Waals surface area contributed by atoms with Gasteiger partial charge in [-0.25, -0.2) is 4.79 Å². The van der Waals surface area contributed by atoms with Gasteiger partial charge in [0.1, 0.15) is 11.1 Å². The molecule has 1 aromatic carbocycles. The molecule has 1 amide bonds. The number of β-amino-alcohol motifs (C(OH)–C–C–N with tert-alkyl or cyclic N) is 1. The number of nitro benzene ring substituents is 1. The van der Waals surface area contributed by atoms with E-state index in [9.17, 15) is 24.8 Å². The second-order valence-electron chi connectivity index (χ2n) is 4.62. The molecule has 0 spiro atoms. The van der Waals surface area contributed by atoms with Crippen LogP contribution in [-0.2, 0) is 4.79 Å². The van der Waals surface area contributed by atoms with Gasteiger partial charge in [-0.15, -0.1) is 0 Å². The van der Waals surface area contributed by atoms with Gasteiger partial charge in [0.05, 0.1) is 11.0 Å². The molecule has 2 rings (SSSR count). The minimum absolute atomic E-state index is 0.0496. The van der Waals surface area contributed by atoms with E-state index >= 15 is 0 Å². The lowest BCUT2D eigenvalue weighted by Gasteiger charge is -2.21. The number of benzene rings is 1. The number of aliphatic hydroxyl groups is 1. The van der Waals surface area contributed by atoms with Gasteiger partial charge in [0.2, 0.25) is 0 Å². The quantitative estimate of drug-likeness (QED) is 0.631. The van der Waals surface area contributed by atoms with E-state index in [1.807, 2.05) is 0 Å². The van der Waals surface area contributed by atoms with Gasteiger partial charge in [-0.05, 0) is 12.1 Å². The average molecular weight is 315 g/mol. The zero-order chi connectivity index (χ0) is 15.7. The molecule has 112 valence electrons. The van der Waals surface area contributed by atoms with E-state index in [1.54, 1.807) is 0 Å². The molecular weight excluding hydrogens is 304 g/mol. The number of aliphatic carboxylic acids is 1. The van der Waals surface area contributed by atoms with Crippen LogP contribution in [-0.4, -0.2) is 50.6 Å². The van der Waals surface area contributed by atoms with Crippen LogP contribution in [0.4, 0.5) is 5.69 Å². The van der Waals surface area contributed by atoms with Crippen LogP contribution in [0.3, 0.4) is 0 Å². The second kappa shape index (κ2) is 5.66. The van der Waals surface area contributed by atoms with Crippen molar-refractivity contribution in [2.75, 3.05) is 6.54 Å². The lowest BCUT2D eigenvalue weighted by molar-refractivity contribution is -0.384. The largest absolute Gasteiger partial charge is 0.480 e. The first kappa shape index (κ1) is 15.2. The Hall–Kier alpha value is -2.19. The highest BCUT2D eigenvalue weighted by Gasteiger charge is 2.39. The van der Waals surface area contributed by atoms with Crippen LogP contribution in [0.15, 0.2) is 18.2 Å². The summed E-state index contributed by atoms with van der Waals surface area (Å²) in [5.41, 5.74) is -0.486. The number of hydrogen-bond acceptors (Lipinski definition) is 5. The SMILES string of the molecule is O=C(O)[C@@H]1C[C@@H](O)CN1C(=O)c1ccc(Cl)c([N+](=O)[O-])c1. The Bertz CT molecular complexity index is 620. The first-order valence-corrected chi connectivity index (χ1v) is 6.35. The molecule has 21 heavy (non-hydrogen) atoms. The van der Waals surface area contributed by atoms with Gasteiger partial charge >= 0.3 is 5.97 Å². The van der Waals surface area contributed by atoms with Crippen molar-refractivity contribution in [3.05, 3.63) is 38.9 Å². The van der Waals surface area contributed by atoms with Gasteiger partial charge in [0.15, 0.2) is 0 Å². The van der Waals surface area contributed by atoms with Crippen molar-refractivity contribution in [2.45, 2.75) is 18.6 Å². The maximum Gasteiger partial charge on any atom is 0.326 e. The molecule has 0 aromatic heterocycles. The first-order valence-electron chi connectivity index (χ1n) is 5.97. The van der Waals surface area contributed by atoms with E-state index in [2.05, 4.69) is 0 Å². The molecule has 0 bridgehead atoms. The fourth-order valence-electron chi connectivity index (χ4n) is 2.22. The van der Waals surface area contributed by atoms with E-state index in [1.165, 1.54) is 12.1 Å². The van der Waals surface area contributed by atoms with Crippen LogP contribution in [0.25, 0.3) is 0 Å². The molecule has 1 aliphatic heterocycles. The fraction of sp³-hybridized carbons (Fsp3) is 0.333. The number of rotatable bonds is 3. The third-order valence-electron chi connectivity index (χ3n) is 3.21. The Balaban J connectivity index is 2.33. The number of likely N-dealkylation sites (tertiary alicyclic amines) is 1. The van der Waals surface area contributed by atoms with Crippen molar-refractivity contribution in [1.82, 2.24) is 4.90 Å². The molecule has 0 aliphatic carbocycles. The smallest absolute Gasteiger partial charge is 0.326 e. The number of halogens is 1. The Kier molecular flexibility index (Phi) is 4.10. The van der Waals surface area contributed by atoms with Crippen molar-refractivity contribution in [3.63, 3.8) is 0 Å². The minimum Gasteiger partial charge on any atom is -0.480 e. The summed E-state index contributed by atoms with van der Waals surface area (Å²) < 4.78 is 0. The highest BCUT2D eigenvalue weighted by molar-refractivity contribution is 6.32. The van der Waals surface area contributed by atoms with Gasteiger partial charge in [0, 0.05) is 24.6 Å². The van der Waals surface area contributed by atoms with Gasteiger partial charge < -0.3 is 15.1 Å². The molecule has 1 aliphatic rings. The molecule has 8 nitrogen and oxygen atoms in total. The molecule has 1 fully saturated rings. The van der Waals surface area contributed by atoms with Crippen molar-refractivity contribution < 1.29 is 24.7 Å². The van der Waals surface area contributed by atoms with Gasteiger partial charge in [0.25, 0.3) is 11.6 Å². The second-order valence-corrected chi connectivity index (χ2v) is 5.03. The normalized spacial score (nSPS) is 21.3. The summed E-state index contributed by atoms with van der Waals surface area (Å²) in [4.78, 5) is 34.4. The van der Waals surface area contributed by atoms with Crippen LogP contribution >= 0.6 is 11.6 Å². The predicted octanol–water partition coefficient (Wildman–Crippen LogP) is 0.908. The monoisotopic (exact) mass is 314 g/mol. The number of nitrogens with zero attached hydrogens (tertiary/aromatic N) is 2. The van der Waals surface area contributed by atoms with E-state index in [4.69, 9.17) is 16.7 Å². The molecule has 0 unspecified atom stereocenters. The third-order valence-corrected chi connectivity index (χ3v) is 3.53. The molecule has 2 atom stereocenters. The summed E-state index contributed by atoms with van der Waals surface area (Å²) in [6, 6.07) is 2.33. The predicted molar refractivity (Wildman–Crippen MR) is 71.2 cm³/mol. The molecule has 0 saturated carbocycles. The number of carbonyl (C=O) groups excluding carboxylic acids is 1. The molecule has 1 aromatic rings. The fourth-order valence-corrected chi connectivity index (χ4v) is 2.41. The average Bonchev–Trinajstić information content (AvgIpc) is 2.80. The molecule has 9 heteroatoms. The van der Waals surface area contributed by atoms with E-state index in [-0.39, 0.29) is 23.6 Å². The number of aliphatic hydroxyl groups excluding tert-OH is 1. The highest BCUT2D eigenvalue weighted by Crippen LogP contribution is 2.27. The van der Waals surface area contributed by atoms with Crippen molar-refractivity contribution in [3.8, 4) is 0 Å². The maximum atomic E-state index is 12.3. The number of carboxylic acids is 1. The summed E-state index contributed by atoms with van der Waals surface area (Å²) >= 11 is 5.66. The van der Waals surface area contributed by atoms with Crippen LogP contribution < -0.4 is 0 Å². The summed E-state index contributed by atoms with van der Waals surface area (Å²) in [6.45, 7) is -0.133. The summed E-state index contributed by atoms with van der Waals surface area (Å²) in [5, 5.41) is 29.3. The van der Waals surface area contributed by atoms with E-state index < -0.39 is 34.6 Å². The number of hydrogen-bond donors (Lipinski definition) is 2. The van der Waals surface area contributed by atoms with Crippen LogP contribution in [0, 0.1) is 10.1 Å². The Morgan fingerprint density at radius 3 is 2.67 bits per heavy atom. The standard InChI is InChI=1S/C12H11ClN2O6/c13-8-2-1-6(3-9(8)15(20)21)11(17)14-5-7(16)4-10(14)12(18)19/h1-3,7,10,16H,4-5H2,(H,18,19)/t7-,10+/m1/s1. The van der Waals surface area contributed by atoms with Crippen molar-refractivity contribution in [1.29, 1.82) is 0 Å². The van der Waals surface area contributed by atoms with E-state index in [0.717, 1.165) is 11.0 Å². The number of carbonyl (C=O) groups is 2. The first-order chi connectivity index (χ1) is 9.81. The van der Waals surface area contributed by atoms with Crippen LogP contribution in [0.1, 0.15) is 16.8 Å². The molecular formula is C12H11ClN2O6. The van der Waals surface area contributed by atoms with Gasteiger partial charge in [-0.2, -0.15) is 0 Å². The number of amides is 1. The summed E-state index contributed by atoms with van der Waals surface area (Å²) in [7, 11) is 0. The Morgan fingerprint density at radius 1 is 1.43 bits per heavy atom. The molecule has 2 N–H and O–H groups in total. The maximum absolute atomic E-state index is 12.3. The van der Waals surface area contributed by atoms with Gasteiger partial charge in [-0.3, -0.25) is 14.9 Å². The molecule has 1 saturated heterocycles. The van der Waals surface area contributed by atoms with Crippen LogP contribution in [0.5, 0.6) is 0 Å². The third kappa shape index (κ3) is 2.96. The zero-order valence-electron chi connectivity index (χ0n) is 10.6. The zero-order valence-corrected chi connectivity index (χ0v) is 11.4. The highest BCUT2D eigenvalue weighted by atomic mass is 35.5. The van der Waals surface area contributed by atoms with Crippen LogP contribution in [0.2, 0.25) is 5.02 Å². The molecule has 1 heterocycles.